The first-order valence-electron chi connectivity index (χ1n) is 5.12. The van der Waals surface area contributed by atoms with Gasteiger partial charge in [-0.15, -0.1) is 0 Å². The molecule has 6 nitrogen and oxygen atoms in total. The molecule has 1 aromatic rings. The van der Waals surface area contributed by atoms with Crippen LogP contribution in [0.2, 0.25) is 0 Å². The molecular weight excluding hydrogens is 226 g/mol. The van der Waals surface area contributed by atoms with Crippen molar-refractivity contribution in [3.05, 3.63) is 17.7 Å². The van der Waals surface area contributed by atoms with Gasteiger partial charge in [0.05, 0.1) is 13.0 Å². The predicted molar refractivity (Wildman–Crippen MR) is 59.6 cm³/mol. The molecule has 1 atom stereocenters. The lowest BCUT2D eigenvalue weighted by Gasteiger charge is -2.14. The van der Waals surface area contributed by atoms with Gasteiger partial charge in [-0.1, -0.05) is 0 Å². The van der Waals surface area contributed by atoms with E-state index in [-0.39, 0.29) is 18.6 Å². The Balaban J connectivity index is 2.86. The van der Waals surface area contributed by atoms with Gasteiger partial charge in [0.2, 0.25) is 5.75 Å². The molecule has 0 amide bonds. The second kappa shape index (κ2) is 5.40. The first-order chi connectivity index (χ1) is 7.97. The highest BCUT2D eigenvalue weighted by Crippen LogP contribution is 2.39. The van der Waals surface area contributed by atoms with Crippen LogP contribution in [0.4, 0.5) is 0 Å². The average Bonchev–Trinajstić information content (AvgIpc) is 2.26. The SMILES string of the molecule is CCOC(=O)C[C@@H](N)c1ccc(O)c(O)c1O. The summed E-state index contributed by atoms with van der Waals surface area (Å²) in [5, 5.41) is 28.0. The van der Waals surface area contributed by atoms with E-state index in [0.717, 1.165) is 0 Å². The van der Waals surface area contributed by atoms with E-state index in [1.54, 1.807) is 6.92 Å². The number of benzene rings is 1. The van der Waals surface area contributed by atoms with E-state index in [4.69, 9.17) is 15.6 Å². The predicted octanol–water partition coefficient (Wildman–Crippen LogP) is 0.756. The largest absolute Gasteiger partial charge is 0.504 e. The molecule has 0 aliphatic heterocycles. The first kappa shape index (κ1) is 13.1. The number of hydrogen-bond acceptors (Lipinski definition) is 6. The number of hydrogen-bond donors (Lipinski definition) is 4. The molecule has 5 N–H and O–H groups in total. The molecule has 0 aliphatic rings. The molecule has 17 heavy (non-hydrogen) atoms. The van der Waals surface area contributed by atoms with Crippen LogP contribution in [0.1, 0.15) is 24.9 Å². The van der Waals surface area contributed by atoms with E-state index in [2.05, 4.69) is 0 Å². The minimum absolute atomic E-state index is 0.119. The monoisotopic (exact) mass is 241 g/mol. The van der Waals surface area contributed by atoms with Crippen molar-refractivity contribution < 1.29 is 24.9 Å². The zero-order chi connectivity index (χ0) is 13.0. The number of esters is 1. The van der Waals surface area contributed by atoms with Crippen molar-refractivity contribution in [1.82, 2.24) is 0 Å². The van der Waals surface area contributed by atoms with E-state index in [1.165, 1.54) is 12.1 Å². The average molecular weight is 241 g/mol. The third kappa shape index (κ3) is 3.01. The summed E-state index contributed by atoms with van der Waals surface area (Å²) < 4.78 is 4.72. The molecule has 94 valence electrons. The zero-order valence-electron chi connectivity index (χ0n) is 9.38. The highest BCUT2D eigenvalue weighted by molar-refractivity contribution is 5.71. The molecule has 0 aliphatic carbocycles. The molecule has 0 fully saturated rings. The number of phenolic OH excluding ortho intramolecular Hbond substituents is 3. The van der Waals surface area contributed by atoms with Gasteiger partial charge >= 0.3 is 5.97 Å². The Morgan fingerprint density at radius 1 is 1.35 bits per heavy atom. The van der Waals surface area contributed by atoms with Gasteiger partial charge in [-0.3, -0.25) is 4.79 Å². The second-order valence-electron chi connectivity index (χ2n) is 3.49. The van der Waals surface area contributed by atoms with E-state index >= 15 is 0 Å². The summed E-state index contributed by atoms with van der Waals surface area (Å²) in [4.78, 5) is 11.2. The highest BCUT2D eigenvalue weighted by Gasteiger charge is 2.19. The van der Waals surface area contributed by atoms with Crippen molar-refractivity contribution in [1.29, 1.82) is 0 Å². The molecule has 0 unspecified atom stereocenters. The Kier molecular flexibility index (Phi) is 4.17. The van der Waals surface area contributed by atoms with Gasteiger partial charge in [0, 0.05) is 11.6 Å². The first-order valence-corrected chi connectivity index (χ1v) is 5.12. The number of carbonyl (C=O) groups is 1. The van der Waals surface area contributed by atoms with E-state index in [9.17, 15) is 15.0 Å². The number of nitrogens with two attached hydrogens (primary N) is 1. The van der Waals surface area contributed by atoms with Crippen molar-refractivity contribution in [3.8, 4) is 17.2 Å². The molecule has 0 saturated carbocycles. The van der Waals surface area contributed by atoms with Crippen molar-refractivity contribution in [3.63, 3.8) is 0 Å². The number of carbonyl (C=O) groups excluding carboxylic acids is 1. The van der Waals surface area contributed by atoms with Crippen LogP contribution in [0.3, 0.4) is 0 Å². The number of aromatic hydroxyl groups is 3. The lowest BCUT2D eigenvalue weighted by molar-refractivity contribution is -0.143. The Labute approximate surface area is 98.3 Å². The third-order valence-corrected chi connectivity index (χ3v) is 2.25. The van der Waals surface area contributed by atoms with Crippen LogP contribution in [-0.2, 0) is 9.53 Å². The minimum atomic E-state index is -0.805. The Morgan fingerprint density at radius 2 is 2.00 bits per heavy atom. The molecule has 1 rings (SSSR count). The normalized spacial score (nSPS) is 12.1. The van der Waals surface area contributed by atoms with Crippen LogP contribution in [0.25, 0.3) is 0 Å². The summed E-state index contributed by atoms with van der Waals surface area (Å²) in [5.41, 5.74) is 5.87. The lowest BCUT2D eigenvalue weighted by atomic mass is 10.0. The summed E-state index contributed by atoms with van der Waals surface area (Å²) in [5.74, 6) is -2.12. The molecule has 0 radical (unpaired) electrons. The fourth-order valence-electron chi connectivity index (χ4n) is 1.39. The van der Waals surface area contributed by atoms with Crippen LogP contribution >= 0.6 is 0 Å². The zero-order valence-corrected chi connectivity index (χ0v) is 9.38. The van der Waals surface area contributed by atoms with Crippen LogP contribution in [0.15, 0.2) is 12.1 Å². The van der Waals surface area contributed by atoms with Crippen molar-refractivity contribution in [2.45, 2.75) is 19.4 Å². The number of ether oxygens (including phenoxy) is 1. The van der Waals surface area contributed by atoms with Crippen molar-refractivity contribution in [2.75, 3.05) is 6.61 Å². The van der Waals surface area contributed by atoms with E-state index < -0.39 is 29.3 Å². The van der Waals surface area contributed by atoms with Gasteiger partial charge in [0.15, 0.2) is 11.5 Å². The number of phenols is 3. The molecule has 0 aromatic heterocycles. The van der Waals surface area contributed by atoms with Gasteiger partial charge in [-0.05, 0) is 19.1 Å². The van der Waals surface area contributed by atoms with Gasteiger partial charge < -0.3 is 25.8 Å². The van der Waals surface area contributed by atoms with Gasteiger partial charge in [0.25, 0.3) is 0 Å². The van der Waals surface area contributed by atoms with Crippen molar-refractivity contribution >= 4 is 5.97 Å². The van der Waals surface area contributed by atoms with E-state index in [0.29, 0.717) is 0 Å². The van der Waals surface area contributed by atoms with Crippen molar-refractivity contribution in [2.24, 2.45) is 5.73 Å². The molecule has 0 saturated heterocycles. The minimum Gasteiger partial charge on any atom is -0.504 e. The third-order valence-electron chi connectivity index (χ3n) is 2.25. The standard InChI is InChI=1S/C11H15NO5/c1-2-17-9(14)5-7(12)6-3-4-8(13)11(16)10(6)15/h3-4,7,13,15-16H,2,5,12H2,1H3/t7-/m1/s1. The van der Waals surface area contributed by atoms with Gasteiger partial charge in [-0.2, -0.15) is 0 Å². The number of rotatable bonds is 4. The topological polar surface area (TPSA) is 113 Å². The molecule has 1 aromatic carbocycles. The van der Waals surface area contributed by atoms with Crippen LogP contribution < -0.4 is 5.73 Å². The van der Waals surface area contributed by atoms with E-state index in [1.807, 2.05) is 0 Å². The Morgan fingerprint density at radius 3 is 2.59 bits per heavy atom. The summed E-state index contributed by atoms with van der Waals surface area (Å²) in [7, 11) is 0. The smallest absolute Gasteiger partial charge is 0.307 e. The molecule has 0 heterocycles. The Bertz CT molecular complexity index is 419. The maximum absolute atomic E-state index is 11.2. The molecule has 0 spiro atoms. The van der Waals surface area contributed by atoms with Gasteiger partial charge in [-0.25, -0.2) is 0 Å². The van der Waals surface area contributed by atoms with Crippen LogP contribution in [0.5, 0.6) is 17.2 Å². The summed E-state index contributed by atoms with van der Waals surface area (Å²) in [6.07, 6.45) is -0.119. The molecule has 6 heteroatoms. The quantitative estimate of drug-likeness (QED) is 0.457. The second-order valence-corrected chi connectivity index (χ2v) is 3.49. The summed E-state index contributed by atoms with van der Waals surface area (Å²) >= 11 is 0. The maximum atomic E-state index is 11.2. The fourth-order valence-corrected chi connectivity index (χ4v) is 1.39. The molecule has 0 bridgehead atoms. The molecular formula is C11H15NO5. The van der Waals surface area contributed by atoms with Crippen LogP contribution in [-0.4, -0.2) is 27.9 Å². The lowest BCUT2D eigenvalue weighted by Crippen LogP contribution is -2.17. The van der Waals surface area contributed by atoms with Crippen LogP contribution in [0, 0.1) is 0 Å². The fraction of sp³-hybridized carbons (Fsp3) is 0.364. The van der Waals surface area contributed by atoms with Gasteiger partial charge in [0.1, 0.15) is 0 Å². The Hall–Kier alpha value is -1.95. The summed E-state index contributed by atoms with van der Waals surface area (Å²) in [6, 6.07) is 1.73. The highest BCUT2D eigenvalue weighted by atomic mass is 16.5. The summed E-state index contributed by atoms with van der Waals surface area (Å²) in [6.45, 7) is 1.92. The maximum Gasteiger partial charge on any atom is 0.307 e.